The predicted octanol–water partition coefficient (Wildman–Crippen LogP) is 6.42. The molecule has 0 spiro atoms. The van der Waals surface area contributed by atoms with E-state index in [9.17, 15) is 0 Å². The van der Waals surface area contributed by atoms with Crippen LogP contribution in [0.15, 0.2) is 60.7 Å². The molecule has 0 aliphatic carbocycles. The van der Waals surface area contributed by atoms with Crippen molar-refractivity contribution < 1.29 is 14.2 Å². The van der Waals surface area contributed by atoms with Crippen molar-refractivity contribution in [2.24, 2.45) is 0 Å². The highest BCUT2D eigenvalue weighted by atomic mass is 35.5. The summed E-state index contributed by atoms with van der Waals surface area (Å²) in [6, 6.07) is 19.9. The molecule has 33 heavy (non-hydrogen) atoms. The van der Waals surface area contributed by atoms with Gasteiger partial charge >= 0.3 is 0 Å². The summed E-state index contributed by atoms with van der Waals surface area (Å²) in [5, 5.41) is 4.67. The number of anilines is 2. The first-order valence-corrected chi connectivity index (χ1v) is 11.9. The molecule has 1 heterocycles. The Morgan fingerprint density at radius 2 is 1.70 bits per heavy atom. The van der Waals surface area contributed by atoms with Gasteiger partial charge in [0, 0.05) is 46.6 Å². The summed E-state index contributed by atoms with van der Waals surface area (Å²) >= 11 is 12.2. The molecule has 0 aromatic heterocycles. The van der Waals surface area contributed by atoms with E-state index >= 15 is 0 Å². The van der Waals surface area contributed by atoms with Crippen molar-refractivity contribution in [2.75, 3.05) is 43.1 Å². The third kappa shape index (κ3) is 6.47. The summed E-state index contributed by atoms with van der Waals surface area (Å²) in [6.07, 6.45) is 0. The molecule has 1 saturated heterocycles. The summed E-state index contributed by atoms with van der Waals surface area (Å²) in [5.74, 6) is 1.39. The zero-order chi connectivity index (χ0) is 23.0. The van der Waals surface area contributed by atoms with Crippen molar-refractivity contribution in [2.45, 2.75) is 20.1 Å². The van der Waals surface area contributed by atoms with E-state index in [1.165, 1.54) is 5.69 Å². The van der Waals surface area contributed by atoms with Gasteiger partial charge in [0.1, 0.15) is 6.61 Å². The van der Waals surface area contributed by atoms with Gasteiger partial charge < -0.3 is 24.4 Å². The largest absolute Gasteiger partial charge is 0.490 e. The number of morpholine rings is 1. The molecule has 174 valence electrons. The smallest absolute Gasteiger partial charge is 0.161 e. The van der Waals surface area contributed by atoms with Crippen LogP contribution < -0.4 is 19.7 Å². The van der Waals surface area contributed by atoms with Crippen LogP contribution >= 0.6 is 23.2 Å². The molecule has 1 aliphatic heterocycles. The van der Waals surface area contributed by atoms with E-state index in [0.29, 0.717) is 41.3 Å². The fourth-order valence-electron chi connectivity index (χ4n) is 3.66. The molecule has 3 aromatic rings. The number of nitrogens with one attached hydrogen (secondary N) is 1. The zero-order valence-electron chi connectivity index (χ0n) is 18.7. The Bertz CT molecular complexity index is 1050. The topological polar surface area (TPSA) is 43.0 Å². The normalized spacial score (nSPS) is 13.6. The number of ether oxygens (including phenoxy) is 3. The Kier molecular flexibility index (Phi) is 8.21. The van der Waals surface area contributed by atoms with Gasteiger partial charge in [-0.3, -0.25) is 0 Å². The lowest BCUT2D eigenvalue weighted by atomic mass is 10.2. The van der Waals surface area contributed by atoms with E-state index in [4.69, 9.17) is 37.4 Å². The Morgan fingerprint density at radius 3 is 2.42 bits per heavy atom. The number of hydrogen-bond acceptors (Lipinski definition) is 5. The summed E-state index contributed by atoms with van der Waals surface area (Å²) in [7, 11) is 0. The maximum atomic E-state index is 6.26. The van der Waals surface area contributed by atoms with E-state index in [2.05, 4.69) is 34.5 Å². The highest BCUT2D eigenvalue weighted by Gasteiger charge is 2.11. The minimum atomic E-state index is 0.336. The molecular weight excluding hydrogens is 459 g/mol. The van der Waals surface area contributed by atoms with Crippen LogP contribution in [-0.4, -0.2) is 32.9 Å². The highest BCUT2D eigenvalue weighted by Crippen LogP contribution is 2.31. The number of hydrogen-bond donors (Lipinski definition) is 1. The van der Waals surface area contributed by atoms with Gasteiger partial charge in [-0.05, 0) is 61.0 Å². The molecule has 3 aromatic carbocycles. The monoisotopic (exact) mass is 486 g/mol. The van der Waals surface area contributed by atoms with E-state index in [0.717, 1.165) is 43.1 Å². The van der Waals surface area contributed by atoms with Crippen LogP contribution in [0.4, 0.5) is 11.4 Å². The molecule has 1 fully saturated rings. The molecule has 0 unspecified atom stereocenters. The van der Waals surface area contributed by atoms with Gasteiger partial charge in [0.15, 0.2) is 11.5 Å². The fraction of sp³-hybridized carbons (Fsp3) is 0.308. The van der Waals surface area contributed by atoms with Gasteiger partial charge in [-0.2, -0.15) is 0 Å². The van der Waals surface area contributed by atoms with Crippen LogP contribution in [0, 0.1) is 0 Å². The predicted molar refractivity (Wildman–Crippen MR) is 135 cm³/mol. The second-order valence-corrected chi connectivity index (χ2v) is 8.58. The SMILES string of the molecule is CCOc1cc(CNc2ccc(N3CCOCC3)cc2)ccc1OCc1ccc(Cl)cc1Cl. The van der Waals surface area contributed by atoms with E-state index < -0.39 is 0 Å². The van der Waals surface area contributed by atoms with Gasteiger partial charge in [0.25, 0.3) is 0 Å². The quantitative estimate of drug-likeness (QED) is 0.377. The molecule has 0 saturated carbocycles. The lowest BCUT2D eigenvalue weighted by Crippen LogP contribution is -2.36. The first-order valence-electron chi connectivity index (χ1n) is 11.1. The Labute approximate surface area is 205 Å². The average molecular weight is 487 g/mol. The van der Waals surface area contributed by atoms with Crippen molar-refractivity contribution in [3.8, 4) is 11.5 Å². The highest BCUT2D eigenvalue weighted by molar-refractivity contribution is 6.35. The van der Waals surface area contributed by atoms with Gasteiger partial charge in [-0.15, -0.1) is 0 Å². The van der Waals surface area contributed by atoms with Gasteiger partial charge in [-0.1, -0.05) is 35.3 Å². The van der Waals surface area contributed by atoms with Crippen molar-refractivity contribution in [1.82, 2.24) is 0 Å². The summed E-state index contributed by atoms with van der Waals surface area (Å²) in [6.45, 7) is 6.97. The number of halogens is 2. The van der Waals surface area contributed by atoms with Crippen LogP contribution in [0.25, 0.3) is 0 Å². The van der Waals surface area contributed by atoms with Crippen LogP contribution in [-0.2, 0) is 17.9 Å². The van der Waals surface area contributed by atoms with Crippen LogP contribution in [0.1, 0.15) is 18.1 Å². The van der Waals surface area contributed by atoms with Crippen molar-refractivity contribution >= 4 is 34.6 Å². The number of benzene rings is 3. The van der Waals surface area contributed by atoms with Crippen LogP contribution in [0.5, 0.6) is 11.5 Å². The molecule has 0 amide bonds. The molecular formula is C26H28Cl2N2O3. The van der Waals surface area contributed by atoms with E-state index in [1.54, 1.807) is 12.1 Å². The minimum Gasteiger partial charge on any atom is -0.490 e. The molecule has 1 N–H and O–H groups in total. The molecule has 5 nitrogen and oxygen atoms in total. The van der Waals surface area contributed by atoms with Crippen molar-refractivity contribution in [1.29, 1.82) is 0 Å². The first kappa shape index (κ1) is 23.6. The van der Waals surface area contributed by atoms with Gasteiger partial charge in [0.05, 0.1) is 19.8 Å². The van der Waals surface area contributed by atoms with Gasteiger partial charge in [0.2, 0.25) is 0 Å². The molecule has 0 bridgehead atoms. The lowest BCUT2D eigenvalue weighted by molar-refractivity contribution is 0.122. The zero-order valence-corrected chi connectivity index (χ0v) is 20.2. The third-order valence-electron chi connectivity index (χ3n) is 5.45. The number of rotatable bonds is 9. The molecule has 0 atom stereocenters. The summed E-state index contributed by atoms with van der Waals surface area (Å²) in [4.78, 5) is 2.34. The second-order valence-electron chi connectivity index (χ2n) is 7.74. The maximum Gasteiger partial charge on any atom is 0.161 e. The van der Waals surface area contributed by atoms with E-state index in [-0.39, 0.29) is 0 Å². The van der Waals surface area contributed by atoms with E-state index in [1.807, 2.05) is 31.2 Å². The maximum absolute atomic E-state index is 6.26. The molecule has 0 radical (unpaired) electrons. The Balaban J connectivity index is 1.37. The van der Waals surface area contributed by atoms with Crippen molar-refractivity contribution in [3.63, 3.8) is 0 Å². The average Bonchev–Trinajstić information content (AvgIpc) is 2.84. The Hall–Kier alpha value is -2.60. The lowest BCUT2D eigenvalue weighted by Gasteiger charge is -2.29. The molecule has 7 heteroatoms. The molecule has 1 aliphatic rings. The van der Waals surface area contributed by atoms with Crippen LogP contribution in [0.2, 0.25) is 10.0 Å². The summed E-state index contributed by atoms with van der Waals surface area (Å²) in [5.41, 5.74) is 4.27. The first-order chi connectivity index (χ1) is 16.1. The second kappa shape index (κ2) is 11.5. The fourth-order valence-corrected chi connectivity index (χ4v) is 4.12. The van der Waals surface area contributed by atoms with Crippen molar-refractivity contribution in [3.05, 3.63) is 81.8 Å². The summed E-state index contributed by atoms with van der Waals surface area (Å²) < 4.78 is 17.3. The minimum absolute atomic E-state index is 0.336. The standard InChI is InChI=1S/C26H28Cl2N2O3/c1-2-32-26-15-19(3-10-25(26)33-18-20-4-5-21(27)16-24(20)28)17-29-22-6-8-23(9-7-22)30-11-13-31-14-12-30/h3-10,15-16,29H,2,11-14,17-18H2,1H3. The number of nitrogens with zero attached hydrogens (tertiary/aromatic N) is 1. The Morgan fingerprint density at radius 1 is 0.909 bits per heavy atom. The van der Waals surface area contributed by atoms with Crippen LogP contribution in [0.3, 0.4) is 0 Å². The van der Waals surface area contributed by atoms with Gasteiger partial charge in [-0.25, -0.2) is 0 Å². The third-order valence-corrected chi connectivity index (χ3v) is 6.03. The molecule has 4 rings (SSSR count).